The van der Waals surface area contributed by atoms with Crippen molar-refractivity contribution in [2.45, 2.75) is 0 Å². The van der Waals surface area contributed by atoms with Crippen LogP contribution < -0.4 is 20.9 Å². The molecular formula is C16H22ClN5O3. The molecular weight excluding hydrogens is 346 g/mol. The summed E-state index contributed by atoms with van der Waals surface area (Å²) in [5.41, 5.74) is 1.55. The van der Waals surface area contributed by atoms with E-state index in [1.807, 2.05) is 12.1 Å². The third kappa shape index (κ3) is 4.67. The molecule has 0 atom stereocenters. The molecule has 1 aromatic carbocycles. The lowest BCUT2D eigenvalue weighted by atomic mass is 10.2. The summed E-state index contributed by atoms with van der Waals surface area (Å²) in [5.74, 6) is 0. The number of carbonyl (C=O) groups is 2. The fourth-order valence-electron chi connectivity index (χ4n) is 2.82. The van der Waals surface area contributed by atoms with Crippen molar-refractivity contribution in [2.75, 3.05) is 62.7 Å². The van der Waals surface area contributed by atoms with Gasteiger partial charge in [0.15, 0.2) is 0 Å². The molecule has 2 aliphatic heterocycles. The zero-order valence-electron chi connectivity index (χ0n) is 13.9. The SMILES string of the molecule is O=C(NCCN1CCNC1=O)Nc1cc(N2CCOCC2)ccc1Cl. The highest BCUT2D eigenvalue weighted by Gasteiger charge is 2.19. The quantitative estimate of drug-likeness (QED) is 0.732. The van der Waals surface area contributed by atoms with E-state index in [4.69, 9.17) is 16.3 Å². The van der Waals surface area contributed by atoms with Gasteiger partial charge >= 0.3 is 12.1 Å². The number of benzene rings is 1. The standard InChI is InChI=1S/C16H22ClN5O3/c17-13-2-1-12(21-7-9-25-10-8-21)11-14(13)20-15(23)18-3-5-22-6-4-19-16(22)24/h1-2,11H,3-10H2,(H,19,24)(H2,18,20,23). The lowest BCUT2D eigenvalue weighted by Gasteiger charge is -2.29. The Morgan fingerprint density at radius 3 is 2.80 bits per heavy atom. The number of amides is 4. The minimum atomic E-state index is -0.347. The summed E-state index contributed by atoms with van der Waals surface area (Å²) in [6.07, 6.45) is 0. The van der Waals surface area contributed by atoms with E-state index in [-0.39, 0.29) is 12.1 Å². The summed E-state index contributed by atoms with van der Waals surface area (Å²) in [5, 5.41) is 8.71. The van der Waals surface area contributed by atoms with Crippen LogP contribution >= 0.6 is 11.6 Å². The largest absolute Gasteiger partial charge is 0.378 e. The van der Waals surface area contributed by atoms with Crippen LogP contribution in [0.3, 0.4) is 0 Å². The van der Waals surface area contributed by atoms with E-state index >= 15 is 0 Å². The first kappa shape index (κ1) is 17.6. The number of rotatable bonds is 5. The average molecular weight is 368 g/mol. The van der Waals surface area contributed by atoms with Gasteiger partial charge in [-0.2, -0.15) is 0 Å². The molecule has 0 saturated carbocycles. The van der Waals surface area contributed by atoms with Crippen molar-refractivity contribution in [3.05, 3.63) is 23.2 Å². The minimum absolute atomic E-state index is 0.0940. The summed E-state index contributed by atoms with van der Waals surface area (Å²) in [6.45, 7) is 5.16. The van der Waals surface area contributed by atoms with E-state index in [9.17, 15) is 9.59 Å². The second-order valence-corrected chi connectivity index (χ2v) is 6.27. The second-order valence-electron chi connectivity index (χ2n) is 5.86. The summed E-state index contributed by atoms with van der Waals surface area (Å²) in [7, 11) is 0. The monoisotopic (exact) mass is 367 g/mol. The van der Waals surface area contributed by atoms with Crippen LogP contribution in [0, 0.1) is 0 Å². The van der Waals surface area contributed by atoms with Gasteiger partial charge in [-0.3, -0.25) is 0 Å². The van der Waals surface area contributed by atoms with E-state index in [1.54, 1.807) is 11.0 Å². The van der Waals surface area contributed by atoms with E-state index in [1.165, 1.54) is 0 Å². The van der Waals surface area contributed by atoms with E-state index in [2.05, 4.69) is 20.9 Å². The van der Waals surface area contributed by atoms with Gasteiger partial charge < -0.3 is 30.5 Å². The van der Waals surface area contributed by atoms with Gasteiger partial charge in [0.25, 0.3) is 0 Å². The number of urea groups is 2. The smallest absolute Gasteiger partial charge is 0.319 e. The predicted octanol–water partition coefficient (Wildman–Crippen LogP) is 1.32. The highest BCUT2D eigenvalue weighted by molar-refractivity contribution is 6.33. The Morgan fingerprint density at radius 2 is 2.08 bits per heavy atom. The lowest BCUT2D eigenvalue weighted by molar-refractivity contribution is 0.122. The molecule has 0 spiro atoms. The molecule has 136 valence electrons. The van der Waals surface area contributed by atoms with Crippen LogP contribution in [0.15, 0.2) is 18.2 Å². The van der Waals surface area contributed by atoms with Crippen LogP contribution in [-0.4, -0.2) is 69.4 Å². The molecule has 9 heteroatoms. The molecule has 0 radical (unpaired) electrons. The first-order valence-electron chi connectivity index (χ1n) is 8.33. The number of nitrogens with zero attached hydrogens (tertiary/aromatic N) is 2. The minimum Gasteiger partial charge on any atom is -0.378 e. The van der Waals surface area contributed by atoms with Crippen LogP contribution in [0.2, 0.25) is 5.02 Å². The van der Waals surface area contributed by atoms with Crippen molar-refractivity contribution >= 4 is 35.0 Å². The summed E-state index contributed by atoms with van der Waals surface area (Å²) < 4.78 is 5.35. The molecule has 2 heterocycles. The zero-order valence-corrected chi connectivity index (χ0v) is 14.6. The highest BCUT2D eigenvalue weighted by atomic mass is 35.5. The molecule has 0 bridgehead atoms. The van der Waals surface area contributed by atoms with Gasteiger partial charge in [0.05, 0.1) is 23.9 Å². The zero-order chi connectivity index (χ0) is 17.6. The predicted molar refractivity (Wildman–Crippen MR) is 96.5 cm³/mol. The van der Waals surface area contributed by atoms with Gasteiger partial charge in [-0.25, -0.2) is 9.59 Å². The number of ether oxygens (including phenoxy) is 1. The molecule has 3 rings (SSSR count). The highest BCUT2D eigenvalue weighted by Crippen LogP contribution is 2.28. The average Bonchev–Trinajstić information content (AvgIpc) is 3.03. The van der Waals surface area contributed by atoms with E-state index in [0.717, 1.165) is 18.8 Å². The molecule has 2 fully saturated rings. The Morgan fingerprint density at radius 1 is 1.28 bits per heavy atom. The third-order valence-electron chi connectivity index (χ3n) is 4.19. The normalized spacial score (nSPS) is 17.4. The number of hydrogen-bond acceptors (Lipinski definition) is 4. The topological polar surface area (TPSA) is 85.9 Å². The number of nitrogens with one attached hydrogen (secondary N) is 3. The first-order chi connectivity index (χ1) is 12.1. The second kappa shape index (κ2) is 8.26. The molecule has 4 amide bonds. The summed E-state index contributed by atoms with van der Waals surface area (Å²) in [6, 6.07) is 5.13. The Kier molecular flexibility index (Phi) is 5.83. The number of anilines is 2. The molecule has 1 aromatic rings. The Labute approximate surface area is 151 Å². The number of hydrogen-bond donors (Lipinski definition) is 3. The molecule has 2 aliphatic rings. The summed E-state index contributed by atoms with van der Waals surface area (Å²) >= 11 is 6.19. The van der Waals surface area contributed by atoms with E-state index in [0.29, 0.717) is 50.1 Å². The molecule has 8 nitrogen and oxygen atoms in total. The first-order valence-corrected chi connectivity index (χ1v) is 8.71. The number of morpholine rings is 1. The third-order valence-corrected chi connectivity index (χ3v) is 4.52. The lowest BCUT2D eigenvalue weighted by Crippen LogP contribution is -2.38. The fourth-order valence-corrected chi connectivity index (χ4v) is 2.99. The van der Waals surface area contributed by atoms with Crippen molar-refractivity contribution < 1.29 is 14.3 Å². The Hall–Kier alpha value is -2.19. The van der Waals surface area contributed by atoms with Crippen molar-refractivity contribution in [3.63, 3.8) is 0 Å². The van der Waals surface area contributed by atoms with Gasteiger partial charge in [-0.15, -0.1) is 0 Å². The molecule has 0 unspecified atom stereocenters. The Balaban J connectivity index is 1.52. The maximum absolute atomic E-state index is 12.1. The van der Waals surface area contributed by atoms with Crippen molar-refractivity contribution in [1.29, 1.82) is 0 Å². The maximum atomic E-state index is 12.1. The molecule has 3 N–H and O–H groups in total. The van der Waals surface area contributed by atoms with Gasteiger partial charge in [-0.1, -0.05) is 11.6 Å². The van der Waals surface area contributed by atoms with Crippen LogP contribution in [0.25, 0.3) is 0 Å². The van der Waals surface area contributed by atoms with Gasteiger partial charge in [0.2, 0.25) is 0 Å². The van der Waals surface area contributed by atoms with Crippen molar-refractivity contribution in [3.8, 4) is 0 Å². The van der Waals surface area contributed by atoms with Crippen molar-refractivity contribution in [2.24, 2.45) is 0 Å². The Bertz CT molecular complexity index is 636. The molecule has 0 aromatic heterocycles. The van der Waals surface area contributed by atoms with E-state index < -0.39 is 0 Å². The van der Waals surface area contributed by atoms with Crippen LogP contribution in [0.5, 0.6) is 0 Å². The molecule has 25 heavy (non-hydrogen) atoms. The van der Waals surface area contributed by atoms with Crippen LogP contribution in [0.1, 0.15) is 0 Å². The van der Waals surface area contributed by atoms with Gasteiger partial charge in [-0.05, 0) is 18.2 Å². The fraction of sp³-hybridized carbons (Fsp3) is 0.500. The number of halogens is 1. The maximum Gasteiger partial charge on any atom is 0.319 e. The van der Waals surface area contributed by atoms with Gasteiger partial charge in [0.1, 0.15) is 0 Å². The molecule has 0 aliphatic carbocycles. The van der Waals surface area contributed by atoms with Crippen LogP contribution in [-0.2, 0) is 4.74 Å². The summed E-state index contributed by atoms with van der Waals surface area (Å²) in [4.78, 5) is 27.4. The van der Waals surface area contributed by atoms with Crippen LogP contribution in [0.4, 0.5) is 21.0 Å². The van der Waals surface area contributed by atoms with Gasteiger partial charge in [0, 0.05) is 45.0 Å². The van der Waals surface area contributed by atoms with Crippen molar-refractivity contribution in [1.82, 2.24) is 15.5 Å². The molecule has 2 saturated heterocycles. The number of carbonyl (C=O) groups excluding carboxylic acids is 2.